The first-order valence-electron chi connectivity index (χ1n) is 12.5. The molecule has 8 nitrogen and oxygen atoms in total. The van der Waals surface area contributed by atoms with Crippen molar-refractivity contribution in [2.24, 2.45) is 11.7 Å². The van der Waals surface area contributed by atoms with Crippen LogP contribution in [-0.4, -0.2) is 62.0 Å². The topological polar surface area (TPSA) is 103 Å². The third-order valence-corrected chi connectivity index (χ3v) is 7.51. The molecule has 2 aromatic carbocycles. The summed E-state index contributed by atoms with van der Waals surface area (Å²) in [5, 5.41) is 9.62. The minimum absolute atomic E-state index is 0.0532. The van der Waals surface area contributed by atoms with E-state index in [9.17, 15) is 14.9 Å². The van der Waals surface area contributed by atoms with Crippen LogP contribution in [0.1, 0.15) is 52.7 Å². The quantitative estimate of drug-likeness (QED) is 0.608. The fourth-order valence-electron chi connectivity index (χ4n) is 5.38. The number of rotatable bonds is 8. The van der Waals surface area contributed by atoms with Gasteiger partial charge in [0.25, 0.3) is 5.91 Å². The van der Waals surface area contributed by atoms with E-state index in [2.05, 4.69) is 28.9 Å². The summed E-state index contributed by atoms with van der Waals surface area (Å²) in [6.45, 7) is 4.15. The smallest absolute Gasteiger partial charge is 0.254 e. The second-order valence-corrected chi connectivity index (χ2v) is 10.1. The lowest BCUT2D eigenvalue weighted by atomic mass is 9.85. The molecule has 0 atom stereocenters. The van der Waals surface area contributed by atoms with Crippen LogP contribution in [0.5, 0.6) is 5.75 Å². The number of primary amides is 1. The van der Waals surface area contributed by atoms with E-state index >= 15 is 0 Å². The van der Waals surface area contributed by atoms with Crippen molar-refractivity contribution in [1.82, 2.24) is 9.80 Å². The van der Waals surface area contributed by atoms with Crippen molar-refractivity contribution in [3.05, 3.63) is 52.6 Å². The Balaban J connectivity index is 1.65. The monoisotopic (exact) mass is 489 g/mol. The van der Waals surface area contributed by atoms with Gasteiger partial charge in [-0.25, -0.2) is 0 Å². The van der Waals surface area contributed by atoms with Crippen LogP contribution in [0.2, 0.25) is 0 Å². The molecule has 1 heterocycles. The highest BCUT2D eigenvalue weighted by Gasteiger charge is 2.37. The van der Waals surface area contributed by atoms with E-state index in [-0.39, 0.29) is 23.8 Å². The van der Waals surface area contributed by atoms with Crippen molar-refractivity contribution in [3.63, 3.8) is 0 Å². The summed E-state index contributed by atoms with van der Waals surface area (Å²) in [6, 6.07) is 12.1. The maximum absolute atomic E-state index is 13.6. The molecule has 1 aliphatic carbocycles. The molecular formula is C28H35N5O3. The summed E-state index contributed by atoms with van der Waals surface area (Å²) >= 11 is 0. The van der Waals surface area contributed by atoms with E-state index in [1.54, 1.807) is 7.11 Å². The summed E-state index contributed by atoms with van der Waals surface area (Å²) < 4.78 is 5.33. The molecule has 1 saturated carbocycles. The Morgan fingerprint density at radius 1 is 1.14 bits per heavy atom. The van der Waals surface area contributed by atoms with E-state index in [0.29, 0.717) is 24.4 Å². The van der Waals surface area contributed by atoms with Gasteiger partial charge in [0.05, 0.1) is 12.7 Å². The number of nitrogens with zero attached hydrogens (tertiary/aromatic N) is 4. The van der Waals surface area contributed by atoms with Crippen molar-refractivity contribution >= 4 is 23.2 Å². The summed E-state index contributed by atoms with van der Waals surface area (Å²) in [4.78, 5) is 31.4. The number of anilines is 2. The minimum Gasteiger partial charge on any atom is -0.495 e. The highest BCUT2D eigenvalue weighted by Crippen LogP contribution is 2.38. The number of fused-ring (bicyclic) bond motifs is 1. The molecule has 0 aromatic heterocycles. The zero-order valence-corrected chi connectivity index (χ0v) is 21.6. The van der Waals surface area contributed by atoms with Gasteiger partial charge in [0.1, 0.15) is 11.8 Å². The Bertz CT molecular complexity index is 1190. The molecule has 2 aromatic rings. The first-order valence-corrected chi connectivity index (χ1v) is 12.5. The van der Waals surface area contributed by atoms with Crippen LogP contribution in [0.25, 0.3) is 0 Å². The first-order chi connectivity index (χ1) is 17.2. The molecule has 0 spiro atoms. The van der Waals surface area contributed by atoms with Gasteiger partial charge in [-0.05, 0) is 88.2 Å². The molecule has 1 fully saturated rings. The summed E-state index contributed by atoms with van der Waals surface area (Å²) in [5.41, 5.74) is 10.7. The van der Waals surface area contributed by atoms with Gasteiger partial charge in [0.15, 0.2) is 0 Å². The molecule has 8 heteroatoms. The number of likely N-dealkylation sites (N-methyl/N-ethyl adjacent to an activating group) is 1. The zero-order chi connectivity index (χ0) is 26.0. The molecule has 190 valence electrons. The molecule has 2 amide bonds. The van der Waals surface area contributed by atoms with Crippen molar-refractivity contribution in [2.75, 3.05) is 39.2 Å². The largest absolute Gasteiger partial charge is 0.495 e. The molecule has 2 N–H and O–H groups in total. The summed E-state index contributed by atoms with van der Waals surface area (Å²) in [5.74, 6) is 0.275. The Hall–Kier alpha value is -3.57. The molecule has 0 bridgehead atoms. The molecule has 2 aliphatic rings. The number of carbonyl (C=O) groups excluding carboxylic acids is 2. The zero-order valence-electron chi connectivity index (χ0n) is 21.6. The predicted molar refractivity (Wildman–Crippen MR) is 139 cm³/mol. The maximum Gasteiger partial charge on any atom is 0.254 e. The van der Waals surface area contributed by atoms with Crippen LogP contribution < -0.4 is 15.4 Å². The SMILES string of the molecule is COc1ccc(N(CCN(C)C)c2cc(C)c3c(c2)C(=O)N(C2CCC(C(N)=O)CC2)C3)cc1C#N. The van der Waals surface area contributed by atoms with Crippen molar-refractivity contribution in [3.8, 4) is 11.8 Å². The van der Waals surface area contributed by atoms with Crippen molar-refractivity contribution in [2.45, 2.75) is 45.2 Å². The predicted octanol–water partition coefficient (Wildman–Crippen LogP) is 3.57. The number of aryl methyl sites for hydroxylation is 1. The fraction of sp³-hybridized carbons (Fsp3) is 0.464. The van der Waals surface area contributed by atoms with Crippen LogP contribution in [0.3, 0.4) is 0 Å². The third-order valence-electron chi connectivity index (χ3n) is 7.51. The molecule has 0 radical (unpaired) electrons. The Morgan fingerprint density at radius 3 is 2.47 bits per heavy atom. The Labute approximate surface area is 213 Å². The summed E-state index contributed by atoms with van der Waals surface area (Å²) in [7, 11) is 5.60. The van der Waals surface area contributed by atoms with E-state index < -0.39 is 0 Å². The standard InChI is InChI=1S/C28H35N5O3/c1-18-13-23(32(12-11-31(2)3)22-9-10-26(36-4)20(14-22)16-29)15-24-25(18)17-33(28(24)35)21-7-5-19(6-8-21)27(30)34/h9-10,13-15,19,21H,5-8,11-12,17H2,1-4H3,(H2,30,34). The number of amides is 2. The lowest BCUT2D eigenvalue weighted by Gasteiger charge is -2.33. The average molecular weight is 490 g/mol. The highest BCUT2D eigenvalue weighted by molar-refractivity contribution is 6.00. The molecule has 36 heavy (non-hydrogen) atoms. The number of hydrogen-bond donors (Lipinski definition) is 1. The van der Waals surface area contributed by atoms with Gasteiger partial charge in [0.2, 0.25) is 5.91 Å². The Morgan fingerprint density at radius 2 is 1.86 bits per heavy atom. The lowest BCUT2D eigenvalue weighted by Crippen LogP contribution is -2.40. The van der Waals surface area contributed by atoms with E-state index in [1.165, 1.54) is 0 Å². The molecule has 4 rings (SSSR count). The van der Waals surface area contributed by atoms with Crippen LogP contribution in [0, 0.1) is 24.2 Å². The van der Waals surface area contributed by atoms with Crippen molar-refractivity contribution in [1.29, 1.82) is 5.26 Å². The number of hydrogen-bond acceptors (Lipinski definition) is 6. The number of carbonyl (C=O) groups is 2. The van der Waals surface area contributed by atoms with Crippen LogP contribution in [-0.2, 0) is 11.3 Å². The van der Waals surface area contributed by atoms with E-state index in [1.807, 2.05) is 43.3 Å². The van der Waals surface area contributed by atoms with Crippen LogP contribution in [0.4, 0.5) is 11.4 Å². The molecular weight excluding hydrogens is 454 g/mol. The Kier molecular flexibility index (Phi) is 7.51. The van der Waals surface area contributed by atoms with Gasteiger partial charge in [0, 0.05) is 48.5 Å². The normalized spacial score (nSPS) is 19.2. The third kappa shape index (κ3) is 5.02. The maximum atomic E-state index is 13.6. The van der Waals surface area contributed by atoms with E-state index in [4.69, 9.17) is 10.5 Å². The number of methoxy groups -OCH3 is 1. The molecule has 0 unspecified atom stereocenters. The van der Waals surface area contributed by atoms with Crippen LogP contribution >= 0.6 is 0 Å². The average Bonchev–Trinajstić information content (AvgIpc) is 3.20. The van der Waals surface area contributed by atoms with Gasteiger partial charge in [-0.15, -0.1) is 0 Å². The number of nitriles is 1. The van der Waals surface area contributed by atoms with Gasteiger partial charge in [-0.3, -0.25) is 9.59 Å². The number of nitrogens with two attached hydrogens (primary N) is 1. The molecule has 0 saturated heterocycles. The number of ether oxygens (including phenoxy) is 1. The highest BCUT2D eigenvalue weighted by atomic mass is 16.5. The minimum atomic E-state index is -0.235. The second-order valence-electron chi connectivity index (χ2n) is 10.1. The van der Waals surface area contributed by atoms with Gasteiger partial charge in [-0.1, -0.05) is 0 Å². The molecule has 1 aliphatic heterocycles. The van der Waals surface area contributed by atoms with E-state index in [0.717, 1.165) is 60.3 Å². The van der Waals surface area contributed by atoms with Crippen molar-refractivity contribution < 1.29 is 14.3 Å². The lowest BCUT2D eigenvalue weighted by molar-refractivity contribution is -0.123. The first kappa shape index (κ1) is 25.5. The van der Waals surface area contributed by atoms with Gasteiger partial charge >= 0.3 is 0 Å². The van der Waals surface area contributed by atoms with Crippen LogP contribution in [0.15, 0.2) is 30.3 Å². The second kappa shape index (κ2) is 10.6. The number of benzene rings is 2. The van der Waals surface area contributed by atoms with Gasteiger partial charge in [-0.2, -0.15) is 5.26 Å². The van der Waals surface area contributed by atoms with Gasteiger partial charge < -0.3 is 25.2 Å². The summed E-state index contributed by atoms with van der Waals surface area (Å²) in [6.07, 6.45) is 3.08. The fourth-order valence-corrected chi connectivity index (χ4v) is 5.38.